The van der Waals surface area contributed by atoms with E-state index in [1.54, 1.807) is 12.5 Å². The van der Waals surface area contributed by atoms with E-state index in [1.165, 1.54) is 0 Å². The first kappa shape index (κ1) is 10.0. The van der Waals surface area contributed by atoms with Gasteiger partial charge in [0.1, 0.15) is 13.2 Å². The highest BCUT2D eigenvalue weighted by molar-refractivity contribution is 5.55. The van der Waals surface area contributed by atoms with Gasteiger partial charge in [-0.1, -0.05) is 0 Å². The normalized spacial score (nSPS) is 13.4. The van der Waals surface area contributed by atoms with Gasteiger partial charge in [0.25, 0.3) is 0 Å². The number of hydrogen-bond acceptors (Lipinski definition) is 4. The zero-order valence-electron chi connectivity index (χ0n) is 9.27. The van der Waals surface area contributed by atoms with Gasteiger partial charge in [-0.25, -0.2) is 4.98 Å². The van der Waals surface area contributed by atoms with Crippen molar-refractivity contribution in [1.82, 2.24) is 9.97 Å². The summed E-state index contributed by atoms with van der Waals surface area (Å²) in [5.74, 6) is 1.61. The van der Waals surface area contributed by atoms with Crippen molar-refractivity contribution in [3.63, 3.8) is 0 Å². The number of ether oxygens (including phenoxy) is 2. The molecule has 3 rings (SSSR count). The number of rotatable bonds is 3. The second-order valence-corrected chi connectivity index (χ2v) is 3.79. The summed E-state index contributed by atoms with van der Waals surface area (Å²) in [4.78, 5) is 7.00. The van der Waals surface area contributed by atoms with Gasteiger partial charge in [-0.15, -0.1) is 0 Å². The maximum atomic E-state index is 5.52. The number of nitrogens with zero attached hydrogens (tertiary/aromatic N) is 1. The second kappa shape index (κ2) is 4.37. The molecule has 0 fully saturated rings. The number of nitrogens with one attached hydrogen (secondary N) is 2. The molecule has 0 saturated heterocycles. The predicted molar refractivity (Wildman–Crippen MR) is 63.3 cm³/mol. The molecule has 0 spiro atoms. The van der Waals surface area contributed by atoms with Crippen LogP contribution in [0.4, 0.5) is 5.69 Å². The van der Waals surface area contributed by atoms with Crippen molar-refractivity contribution < 1.29 is 9.47 Å². The average Bonchev–Trinajstić information content (AvgIpc) is 2.89. The van der Waals surface area contributed by atoms with E-state index in [4.69, 9.17) is 9.47 Å². The fourth-order valence-corrected chi connectivity index (χ4v) is 1.73. The van der Waals surface area contributed by atoms with Crippen molar-refractivity contribution in [2.45, 2.75) is 6.54 Å². The Balaban J connectivity index is 1.71. The average molecular weight is 231 g/mol. The van der Waals surface area contributed by atoms with Gasteiger partial charge in [0.05, 0.1) is 18.6 Å². The van der Waals surface area contributed by atoms with Crippen LogP contribution in [0.3, 0.4) is 0 Å². The van der Waals surface area contributed by atoms with Crippen molar-refractivity contribution in [3.8, 4) is 11.5 Å². The minimum absolute atomic E-state index is 0.608. The van der Waals surface area contributed by atoms with Gasteiger partial charge in [0, 0.05) is 18.0 Å². The van der Waals surface area contributed by atoms with E-state index >= 15 is 0 Å². The zero-order valence-corrected chi connectivity index (χ0v) is 9.27. The lowest BCUT2D eigenvalue weighted by Gasteiger charge is -2.19. The third-order valence-corrected chi connectivity index (χ3v) is 2.58. The van der Waals surface area contributed by atoms with E-state index in [-0.39, 0.29) is 0 Å². The Kier molecular flexibility index (Phi) is 2.57. The first-order valence-corrected chi connectivity index (χ1v) is 5.52. The fraction of sp³-hybridized carbons (Fsp3) is 0.250. The van der Waals surface area contributed by atoms with Gasteiger partial charge in [0.2, 0.25) is 0 Å². The first-order valence-electron chi connectivity index (χ1n) is 5.52. The summed E-state index contributed by atoms with van der Waals surface area (Å²) in [5.41, 5.74) is 2.05. The molecule has 88 valence electrons. The van der Waals surface area contributed by atoms with E-state index in [0.717, 1.165) is 22.9 Å². The Morgan fingerprint density at radius 3 is 2.94 bits per heavy atom. The molecule has 2 heterocycles. The molecule has 5 heteroatoms. The lowest BCUT2D eigenvalue weighted by atomic mass is 10.2. The summed E-state index contributed by atoms with van der Waals surface area (Å²) >= 11 is 0. The standard InChI is InChI=1S/C12H13N3O2/c1-2-11-12(17-4-3-16-11)5-9(1)14-7-10-6-13-8-15-10/h1-2,5-6,8,14H,3-4,7H2,(H,13,15). The van der Waals surface area contributed by atoms with Crippen LogP contribution in [0, 0.1) is 0 Å². The summed E-state index contributed by atoms with van der Waals surface area (Å²) in [6.45, 7) is 1.94. The molecule has 0 unspecified atom stereocenters. The van der Waals surface area contributed by atoms with Crippen LogP contribution < -0.4 is 14.8 Å². The Bertz CT molecular complexity index is 496. The van der Waals surface area contributed by atoms with Crippen LogP contribution in [0.25, 0.3) is 0 Å². The molecule has 2 aromatic rings. The molecular formula is C12H13N3O2. The molecule has 5 nitrogen and oxygen atoms in total. The lowest BCUT2D eigenvalue weighted by Crippen LogP contribution is -2.15. The predicted octanol–water partition coefficient (Wildman–Crippen LogP) is 1.79. The number of aromatic nitrogens is 2. The molecule has 0 atom stereocenters. The monoisotopic (exact) mass is 231 g/mol. The summed E-state index contributed by atoms with van der Waals surface area (Å²) in [7, 11) is 0. The van der Waals surface area contributed by atoms with Crippen molar-refractivity contribution in [3.05, 3.63) is 36.4 Å². The third kappa shape index (κ3) is 2.18. The number of imidazole rings is 1. The molecule has 1 aliphatic heterocycles. The van der Waals surface area contributed by atoms with Gasteiger partial charge in [0.15, 0.2) is 11.5 Å². The van der Waals surface area contributed by atoms with Crippen LogP contribution in [-0.2, 0) is 6.54 Å². The van der Waals surface area contributed by atoms with Crippen molar-refractivity contribution in [1.29, 1.82) is 0 Å². The van der Waals surface area contributed by atoms with Crippen LogP contribution in [0.2, 0.25) is 0 Å². The van der Waals surface area contributed by atoms with E-state index in [1.807, 2.05) is 18.2 Å². The van der Waals surface area contributed by atoms with Gasteiger partial charge >= 0.3 is 0 Å². The lowest BCUT2D eigenvalue weighted by molar-refractivity contribution is 0.171. The minimum Gasteiger partial charge on any atom is -0.486 e. The topological polar surface area (TPSA) is 59.2 Å². The van der Waals surface area contributed by atoms with E-state index in [2.05, 4.69) is 15.3 Å². The summed E-state index contributed by atoms with van der Waals surface area (Å²) in [6.07, 6.45) is 3.46. The van der Waals surface area contributed by atoms with Crippen molar-refractivity contribution >= 4 is 5.69 Å². The highest BCUT2D eigenvalue weighted by Gasteiger charge is 2.11. The zero-order chi connectivity index (χ0) is 11.5. The van der Waals surface area contributed by atoms with Crippen LogP contribution in [0.15, 0.2) is 30.7 Å². The van der Waals surface area contributed by atoms with Gasteiger partial charge in [-0.05, 0) is 12.1 Å². The maximum Gasteiger partial charge on any atom is 0.163 e. The van der Waals surface area contributed by atoms with E-state index < -0.39 is 0 Å². The molecule has 2 N–H and O–H groups in total. The second-order valence-electron chi connectivity index (χ2n) is 3.79. The largest absolute Gasteiger partial charge is 0.486 e. The summed E-state index contributed by atoms with van der Waals surface area (Å²) < 4.78 is 11.0. The van der Waals surface area contributed by atoms with Crippen LogP contribution in [0.1, 0.15) is 5.69 Å². The minimum atomic E-state index is 0.608. The SMILES string of the molecule is c1ncc(CNc2ccc3c(c2)OCCO3)[nH]1. The van der Waals surface area contributed by atoms with Crippen LogP contribution >= 0.6 is 0 Å². The number of hydrogen-bond donors (Lipinski definition) is 2. The molecule has 0 saturated carbocycles. The molecule has 1 aromatic carbocycles. The number of H-pyrrole nitrogens is 1. The molecular weight excluding hydrogens is 218 g/mol. The smallest absolute Gasteiger partial charge is 0.163 e. The first-order chi connectivity index (χ1) is 8.42. The summed E-state index contributed by atoms with van der Waals surface area (Å²) in [5, 5.41) is 3.29. The Morgan fingerprint density at radius 1 is 1.24 bits per heavy atom. The molecule has 0 bridgehead atoms. The molecule has 17 heavy (non-hydrogen) atoms. The summed E-state index contributed by atoms with van der Waals surface area (Å²) in [6, 6.07) is 5.85. The number of anilines is 1. The molecule has 0 amide bonds. The fourth-order valence-electron chi connectivity index (χ4n) is 1.73. The van der Waals surface area contributed by atoms with Gasteiger partial charge in [-0.3, -0.25) is 0 Å². The Morgan fingerprint density at radius 2 is 2.12 bits per heavy atom. The van der Waals surface area contributed by atoms with Gasteiger partial charge < -0.3 is 19.8 Å². The number of fused-ring (bicyclic) bond motifs is 1. The molecule has 1 aromatic heterocycles. The van der Waals surface area contributed by atoms with Crippen molar-refractivity contribution in [2.24, 2.45) is 0 Å². The molecule has 1 aliphatic rings. The Hall–Kier alpha value is -2.17. The van der Waals surface area contributed by atoms with Crippen molar-refractivity contribution in [2.75, 3.05) is 18.5 Å². The highest BCUT2D eigenvalue weighted by atomic mass is 16.6. The maximum absolute atomic E-state index is 5.52. The Labute approximate surface area is 98.8 Å². The van der Waals surface area contributed by atoms with E-state index in [9.17, 15) is 0 Å². The molecule has 0 aliphatic carbocycles. The van der Waals surface area contributed by atoms with E-state index in [0.29, 0.717) is 19.8 Å². The number of benzene rings is 1. The molecule has 0 radical (unpaired) electrons. The highest BCUT2D eigenvalue weighted by Crippen LogP contribution is 2.32. The van der Waals surface area contributed by atoms with Crippen LogP contribution in [0.5, 0.6) is 11.5 Å². The quantitative estimate of drug-likeness (QED) is 0.845. The number of aromatic amines is 1. The third-order valence-electron chi connectivity index (χ3n) is 2.58. The van der Waals surface area contributed by atoms with Gasteiger partial charge in [-0.2, -0.15) is 0 Å². The van der Waals surface area contributed by atoms with Crippen LogP contribution in [-0.4, -0.2) is 23.2 Å².